The monoisotopic (exact) mass is 595 g/mol. The molecule has 0 aliphatic heterocycles. The Morgan fingerprint density at radius 2 is 1.71 bits per heavy atom. The lowest BCUT2D eigenvalue weighted by molar-refractivity contribution is -0.140. The van der Waals surface area contributed by atoms with Crippen LogP contribution in [0.5, 0.6) is 5.88 Å². The second-order valence-corrected chi connectivity index (χ2v) is 9.95. The Labute approximate surface area is 245 Å². The molecule has 0 bridgehead atoms. The van der Waals surface area contributed by atoms with Crippen LogP contribution in [0.1, 0.15) is 22.8 Å². The first-order valence-electron chi connectivity index (χ1n) is 12.5. The Bertz CT molecular complexity index is 1670. The molecule has 0 saturated carbocycles. The minimum absolute atomic E-state index is 0.0703. The number of carbonyl (C=O) groups is 2. The van der Waals surface area contributed by atoms with Crippen LogP contribution >= 0.6 is 23.2 Å². The second kappa shape index (κ2) is 12.9. The van der Waals surface area contributed by atoms with Crippen LogP contribution in [0.15, 0.2) is 65.6 Å². The fourth-order valence-electron chi connectivity index (χ4n) is 4.08. The van der Waals surface area contributed by atoms with Crippen molar-refractivity contribution in [3.8, 4) is 28.3 Å². The summed E-state index contributed by atoms with van der Waals surface area (Å²) in [5.74, 6) is -1.64. The minimum Gasteiger partial charge on any atom is -0.481 e. The summed E-state index contributed by atoms with van der Waals surface area (Å²) in [7, 11) is 2.97. The smallest absolute Gasteiger partial charge is 0.307 e. The maximum Gasteiger partial charge on any atom is 0.307 e. The van der Waals surface area contributed by atoms with Crippen LogP contribution in [0, 0.1) is 5.92 Å². The van der Waals surface area contributed by atoms with Crippen molar-refractivity contribution in [1.82, 2.24) is 20.1 Å². The van der Waals surface area contributed by atoms with Gasteiger partial charge in [0, 0.05) is 48.6 Å². The standard InChI is InChI=1S/C29H27Cl2N5O5/c1-16(29(39)40)14-32-15-17-10-11-22(35-27(17)41-3)20-8-4-6-18(24(20)30)19-7-5-9-23(25(19)31)34-26(37)21-12-13-33-36(2)28(21)38/h4-13,16,32H,14-15H2,1-3H3,(H,34,37)(H,39,40). The lowest BCUT2D eigenvalue weighted by Gasteiger charge is -2.15. The van der Waals surface area contributed by atoms with Crippen LogP contribution < -0.4 is 20.9 Å². The molecule has 41 heavy (non-hydrogen) atoms. The number of methoxy groups -OCH3 is 1. The number of nitrogens with one attached hydrogen (secondary N) is 2. The molecule has 1 amide bonds. The largest absolute Gasteiger partial charge is 0.481 e. The van der Waals surface area contributed by atoms with Crippen molar-refractivity contribution in [3.63, 3.8) is 0 Å². The van der Waals surface area contributed by atoms with Crippen molar-refractivity contribution in [1.29, 1.82) is 0 Å². The Hall–Kier alpha value is -4.25. The molecule has 1 unspecified atom stereocenters. The van der Waals surface area contributed by atoms with E-state index in [1.54, 1.807) is 37.3 Å². The lowest BCUT2D eigenvalue weighted by atomic mass is 10.00. The molecule has 0 spiro atoms. The van der Waals surface area contributed by atoms with Crippen molar-refractivity contribution in [2.24, 2.45) is 13.0 Å². The van der Waals surface area contributed by atoms with Crippen molar-refractivity contribution in [2.75, 3.05) is 19.0 Å². The van der Waals surface area contributed by atoms with Gasteiger partial charge in [0.25, 0.3) is 11.5 Å². The molecular formula is C29H27Cl2N5O5. The lowest BCUT2D eigenvalue weighted by Crippen LogP contribution is -2.28. The Morgan fingerprint density at radius 1 is 1.02 bits per heavy atom. The molecule has 212 valence electrons. The first-order chi connectivity index (χ1) is 19.6. The highest BCUT2D eigenvalue weighted by Crippen LogP contribution is 2.41. The van der Waals surface area contributed by atoms with E-state index in [-0.39, 0.29) is 10.6 Å². The molecule has 2 heterocycles. The Kier molecular flexibility index (Phi) is 9.38. The Morgan fingerprint density at radius 3 is 2.41 bits per heavy atom. The van der Waals surface area contributed by atoms with Gasteiger partial charge in [-0.25, -0.2) is 9.67 Å². The van der Waals surface area contributed by atoms with Gasteiger partial charge >= 0.3 is 5.97 Å². The SMILES string of the molecule is COc1nc(-c2cccc(-c3cccc(NC(=O)c4ccnn(C)c4=O)c3Cl)c2Cl)ccc1CNCC(C)C(=O)O. The van der Waals surface area contributed by atoms with E-state index < -0.39 is 23.4 Å². The summed E-state index contributed by atoms with van der Waals surface area (Å²) in [4.78, 5) is 40.8. The number of benzene rings is 2. The molecule has 0 aliphatic rings. The van der Waals surface area contributed by atoms with Crippen LogP contribution in [0.4, 0.5) is 5.69 Å². The minimum atomic E-state index is -0.875. The third-order valence-electron chi connectivity index (χ3n) is 6.38. The molecule has 4 rings (SSSR count). The molecule has 0 fully saturated rings. The number of hydrogen-bond acceptors (Lipinski definition) is 7. The highest BCUT2D eigenvalue weighted by Gasteiger charge is 2.19. The third kappa shape index (κ3) is 6.57. The second-order valence-electron chi connectivity index (χ2n) is 9.20. The predicted octanol–water partition coefficient (Wildman–Crippen LogP) is 4.89. The van der Waals surface area contributed by atoms with E-state index >= 15 is 0 Å². The molecule has 1 atom stereocenters. The number of halogens is 2. The zero-order chi connectivity index (χ0) is 29.7. The number of ether oxygens (including phenoxy) is 1. The van der Waals surface area contributed by atoms with Crippen molar-refractivity contribution in [2.45, 2.75) is 13.5 Å². The predicted molar refractivity (Wildman–Crippen MR) is 158 cm³/mol. The molecule has 4 aromatic rings. The molecular weight excluding hydrogens is 569 g/mol. The highest BCUT2D eigenvalue weighted by molar-refractivity contribution is 6.39. The summed E-state index contributed by atoms with van der Waals surface area (Å²) in [6.45, 7) is 2.30. The van der Waals surface area contributed by atoms with Gasteiger partial charge < -0.3 is 20.5 Å². The average Bonchev–Trinajstić information content (AvgIpc) is 2.96. The van der Waals surface area contributed by atoms with E-state index in [1.165, 1.54) is 26.4 Å². The first-order valence-corrected chi connectivity index (χ1v) is 13.3. The fraction of sp³-hybridized carbons (Fsp3) is 0.207. The van der Waals surface area contributed by atoms with Gasteiger partial charge in [0.1, 0.15) is 5.56 Å². The van der Waals surface area contributed by atoms with E-state index in [1.807, 2.05) is 18.2 Å². The van der Waals surface area contributed by atoms with Gasteiger partial charge in [-0.3, -0.25) is 14.4 Å². The van der Waals surface area contributed by atoms with Gasteiger partial charge in [-0.1, -0.05) is 66.5 Å². The van der Waals surface area contributed by atoms with Gasteiger partial charge in [0.15, 0.2) is 0 Å². The number of aryl methyl sites for hydroxylation is 1. The van der Waals surface area contributed by atoms with E-state index in [2.05, 4.69) is 20.7 Å². The summed E-state index contributed by atoms with van der Waals surface area (Å²) >= 11 is 13.6. The number of carboxylic acid groups (broad SMARTS) is 1. The van der Waals surface area contributed by atoms with Gasteiger partial charge in [-0.2, -0.15) is 5.10 Å². The van der Waals surface area contributed by atoms with E-state index in [4.69, 9.17) is 33.0 Å². The van der Waals surface area contributed by atoms with Crippen LogP contribution in [-0.4, -0.2) is 45.4 Å². The number of carboxylic acids is 1. The van der Waals surface area contributed by atoms with Crippen molar-refractivity contribution >= 4 is 40.8 Å². The van der Waals surface area contributed by atoms with E-state index in [0.29, 0.717) is 52.1 Å². The molecule has 0 radical (unpaired) electrons. The molecule has 12 heteroatoms. The van der Waals surface area contributed by atoms with Gasteiger partial charge in [-0.05, 0) is 18.2 Å². The number of nitrogens with zero attached hydrogens (tertiary/aromatic N) is 3. The van der Waals surface area contributed by atoms with Gasteiger partial charge in [0.2, 0.25) is 5.88 Å². The maximum atomic E-state index is 12.8. The van der Waals surface area contributed by atoms with Gasteiger partial charge in [0.05, 0.1) is 34.5 Å². The molecule has 10 nitrogen and oxygen atoms in total. The normalized spacial score (nSPS) is 11.6. The molecule has 0 aliphatic carbocycles. The summed E-state index contributed by atoms with van der Waals surface area (Å²) < 4.78 is 6.57. The summed E-state index contributed by atoms with van der Waals surface area (Å²) in [5, 5.41) is 19.3. The number of anilines is 1. The van der Waals surface area contributed by atoms with Crippen LogP contribution in [0.25, 0.3) is 22.4 Å². The van der Waals surface area contributed by atoms with Crippen LogP contribution in [-0.2, 0) is 18.4 Å². The molecule has 2 aromatic heterocycles. The maximum absolute atomic E-state index is 12.8. The zero-order valence-electron chi connectivity index (χ0n) is 22.4. The third-order valence-corrected chi connectivity index (χ3v) is 7.20. The van der Waals surface area contributed by atoms with Crippen LogP contribution in [0.2, 0.25) is 10.0 Å². The quantitative estimate of drug-likeness (QED) is 0.236. The molecule has 0 saturated heterocycles. The number of carbonyl (C=O) groups excluding carboxylic acids is 1. The fourth-order valence-corrected chi connectivity index (χ4v) is 4.68. The highest BCUT2D eigenvalue weighted by atomic mass is 35.5. The number of amides is 1. The van der Waals surface area contributed by atoms with E-state index in [9.17, 15) is 14.4 Å². The molecule has 2 aromatic carbocycles. The first kappa shape index (κ1) is 29.7. The van der Waals surface area contributed by atoms with Crippen molar-refractivity contribution < 1.29 is 19.4 Å². The van der Waals surface area contributed by atoms with E-state index in [0.717, 1.165) is 10.2 Å². The summed E-state index contributed by atoms with van der Waals surface area (Å²) in [6, 6.07) is 15.5. The zero-order valence-corrected chi connectivity index (χ0v) is 24.0. The van der Waals surface area contributed by atoms with Crippen molar-refractivity contribution in [3.05, 3.63) is 92.3 Å². The number of hydrogen-bond donors (Lipinski definition) is 3. The number of aromatic nitrogens is 3. The summed E-state index contributed by atoms with van der Waals surface area (Å²) in [6.07, 6.45) is 1.37. The molecule has 3 N–H and O–H groups in total. The van der Waals surface area contributed by atoms with Crippen LogP contribution in [0.3, 0.4) is 0 Å². The average molecular weight is 596 g/mol. The number of aliphatic carboxylic acids is 1. The van der Waals surface area contributed by atoms with Gasteiger partial charge in [-0.15, -0.1) is 0 Å². The number of pyridine rings is 1. The topological polar surface area (TPSA) is 135 Å². The summed E-state index contributed by atoms with van der Waals surface area (Å²) in [5.41, 5.74) is 2.84. The Balaban J connectivity index is 1.62. The number of rotatable bonds is 10.